The van der Waals surface area contributed by atoms with E-state index < -0.39 is 8.80 Å². The predicted molar refractivity (Wildman–Crippen MR) is 72.4 cm³/mol. The molecular weight excluding hydrogens is 446 g/mol. The molecule has 0 atom stereocenters. The molecule has 0 aromatic heterocycles. The van der Waals surface area contributed by atoms with Gasteiger partial charge in [-0.1, -0.05) is 0 Å². The van der Waals surface area contributed by atoms with Gasteiger partial charge in [-0.05, 0) is 31.3 Å². The van der Waals surface area contributed by atoms with E-state index in [-0.39, 0.29) is 29.5 Å². The van der Waals surface area contributed by atoms with Gasteiger partial charge >= 0.3 is 8.80 Å². The smallest absolute Gasteiger partial charge is 0.509 e. The molecule has 0 aliphatic heterocycles. The number of nitrogens with one attached hydrogen (secondary N) is 2. The summed E-state index contributed by atoms with van der Waals surface area (Å²) < 4.78 is 15.9. The summed E-state index contributed by atoms with van der Waals surface area (Å²) in [7, 11) is 1.10. The SMILES string of the molecule is CO[Si](CCCNCC[NH-])(OC)OP=S.[B].[W]. The maximum atomic E-state index is 6.96. The molecule has 0 aromatic rings. The van der Waals surface area contributed by atoms with E-state index in [0.29, 0.717) is 20.7 Å². The van der Waals surface area contributed by atoms with Crippen LogP contribution in [0.2, 0.25) is 6.04 Å². The van der Waals surface area contributed by atoms with Gasteiger partial charge in [0.15, 0.2) is 0 Å². The molecule has 0 fully saturated rings. The quantitative estimate of drug-likeness (QED) is 0.300. The first-order chi connectivity index (χ1) is 7.24. The molecule has 0 rings (SSSR count). The maximum Gasteiger partial charge on any atom is 0.509 e. The minimum Gasteiger partial charge on any atom is -0.676 e. The van der Waals surface area contributed by atoms with Crippen LogP contribution >= 0.6 is 7.58 Å². The Morgan fingerprint density at radius 1 is 1.29 bits per heavy atom. The van der Waals surface area contributed by atoms with Crippen molar-refractivity contribution >= 4 is 36.6 Å². The van der Waals surface area contributed by atoms with Gasteiger partial charge in [0.1, 0.15) is 7.58 Å². The van der Waals surface area contributed by atoms with Crippen LogP contribution in [0.25, 0.3) is 5.73 Å². The molecule has 0 amide bonds. The van der Waals surface area contributed by atoms with E-state index in [2.05, 4.69) is 5.32 Å². The fourth-order valence-electron chi connectivity index (χ4n) is 1.11. The van der Waals surface area contributed by atoms with Crippen molar-refractivity contribution in [1.82, 2.24) is 5.32 Å². The van der Waals surface area contributed by atoms with Crippen LogP contribution in [0.5, 0.6) is 0 Å². The molecule has 3 radical (unpaired) electrons. The summed E-state index contributed by atoms with van der Waals surface area (Å²) in [6.45, 7) is 1.96. The molecular formula is C7H18BN2O3PSSiW-. The van der Waals surface area contributed by atoms with E-state index in [0.717, 1.165) is 19.0 Å². The van der Waals surface area contributed by atoms with E-state index >= 15 is 0 Å². The molecule has 17 heavy (non-hydrogen) atoms. The molecule has 0 aromatic carbocycles. The van der Waals surface area contributed by atoms with Crippen LogP contribution in [0.4, 0.5) is 0 Å². The van der Waals surface area contributed by atoms with Gasteiger partial charge in [-0.3, -0.25) is 0 Å². The van der Waals surface area contributed by atoms with E-state index in [1.807, 2.05) is 0 Å². The van der Waals surface area contributed by atoms with Crippen LogP contribution < -0.4 is 5.32 Å². The van der Waals surface area contributed by atoms with Crippen molar-refractivity contribution < 1.29 is 34.1 Å². The third-order valence-electron chi connectivity index (χ3n) is 1.94. The summed E-state index contributed by atoms with van der Waals surface area (Å²) in [6, 6.07) is 0.745. The first kappa shape index (κ1) is 23.4. The standard InChI is InChI=1S/C7H18N2O3PSSi.B.W/c1-10-15(11-2,12-13-14)7-3-5-9-6-4-8;;/h8-9H,3-7H2,1-2H3;;/q-1;;. The summed E-state index contributed by atoms with van der Waals surface area (Å²) in [6.07, 6.45) is 0.902. The molecule has 0 spiro atoms. The largest absolute Gasteiger partial charge is 0.676 e. The van der Waals surface area contributed by atoms with Crippen LogP contribution in [0.1, 0.15) is 6.42 Å². The van der Waals surface area contributed by atoms with Gasteiger partial charge in [0, 0.05) is 49.7 Å². The van der Waals surface area contributed by atoms with Crippen LogP contribution in [0.3, 0.4) is 0 Å². The summed E-state index contributed by atoms with van der Waals surface area (Å²) in [5.74, 6) is 0. The van der Waals surface area contributed by atoms with Gasteiger partial charge in [0.2, 0.25) is 0 Å². The van der Waals surface area contributed by atoms with Gasteiger partial charge in [-0.15, -0.1) is 6.54 Å². The number of rotatable bonds is 10. The Hall–Kier alpha value is 1.29. The van der Waals surface area contributed by atoms with E-state index in [4.69, 9.17) is 30.6 Å². The molecule has 0 unspecified atom stereocenters. The van der Waals surface area contributed by atoms with Crippen molar-refractivity contribution in [2.45, 2.75) is 12.5 Å². The Balaban J connectivity index is -0.000000980. The Morgan fingerprint density at radius 2 is 1.88 bits per heavy atom. The van der Waals surface area contributed by atoms with Gasteiger partial charge in [-0.2, -0.15) is 0 Å². The third-order valence-corrected chi connectivity index (χ3v) is 6.23. The summed E-state index contributed by atoms with van der Waals surface area (Å²) >= 11 is 4.74. The first-order valence-corrected chi connectivity index (χ1v) is 8.47. The van der Waals surface area contributed by atoms with E-state index in [1.165, 1.54) is 0 Å². The van der Waals surface area contributed by atoms with Crippen molar-refractivity contribution in [3.05, 3.63) is 5.73 Å². The fraction of sp³-hybridized carbons (Fsp3) is 1.00. The Morgan fingerprint density at radius 3 is 2.29 bits per heavy atom. The second-order valence-electron chi connectivity index (χ2n) is 2.86. The molecule has 0 saturated carbocycles. The molecule has 5 nitrogen and oxygen atoms in total. The van der Waals surface area contributed by atoms with Crippen molar-refractivity contribution in [2.24, 2.45) is 0 Å². The monoisotopic (exact) mass is 464 g/mol. The average molecular weight is 464 g/mol. The Labute approximate surface area is 128 Å². The maximum absolute atomic E-state index is 6.96. The number of hydrogen-bond donors (Lipinski definition) is 1. The second kappa shape index (κ2) is 15.3. The van der Waals surface area contributed by atoms with Crippen LogP contribution in [0, 0.1) is 0 Å². The minimum atomic E-state index is -2.51. The molecule has 0 bridgehead atoms. The fourth-order valence-corrected chi connectivity index (χ4v) is 4.73. The first-order valence-electron chi connectivity index (χ1n) is 4.71. The predicted octanol–water partition coefficient (Wildman–Crippen LogP) is 1.21. The Bertz CT molecular complexity index is 185. The van der Waals surface area contributed by atoms with Crippen LogP contribution in [-0.2, 0) is 45.9 Å². The van der Waals surface area contributed by atoms with Crippen LogP contribution in [-0.4, -0.2) is 51.1 Å². The van der Waals surface area contributed by atoms with Crippen molar-refractivity contribution in [3.8, 4) is 0 Å². The van der Waals surface area contributed by atoms with Gasteiger partial charge in [0.05, 0.1) is 0 Å². The third kappa shape index (κ3) is 10.9. The van der Waals surface area contributed by atoms with Crippen molar-refractivity contribution in [1.29, 1.82) is 0 Å². The van der Waals surface area contributed by atoms with Crippen LogP contribution in [0.15, 0.2) is 0 Å². The van der Waals surface area contributed by atoms with Gasteiger partial charge < -0.3 is 24.1 Å². The summed E-state index contributed by atoms with van der Waals surface area (Å²) in [4.78, 5) is 0. The number of hydrogen-bond acceptors (Lipinski definition) is 5. The minimum absolute atomic E-state index is 0. The van der Waals surface area contributed by atoms with Crippen molar-refractivity contribution in [2.75, 3.05) is 33.9 Å². The summed E-state index contributed by atoms with van der Waals surface area (Å²) in [5.41, 5.74) is 6.96. The average Bonchev–Trinajstić information content (AvgIpc) is 2.27. The molecule has 0 saturated heterocycles. The zero-order valence-electron chi connectivity index (χ0n) is 10.1. The zero-order chi connectivity index (χ0) is 11.6. The molecule has 0 aliphatic carbocycles. The molecule has 0 aliphatic rings. The Kier molecular flexibility index (Phi) is 21.1. The van der Waals surface area contributed by atoms with Gasteiger partial charge in [0.25, 0.3) is 0 Å². The van der Waals surface area contributed by atoms with E-state index in [9.17, 15) is 0 Å². The zero-order valence-corrected chi connectivity index (χ0v) is 15.7. The van der Waals surface area contributed by atoms with Gasteiger partial charge in [-0.25, -0.2) is 0 Å². The molecule has 0 heterocycles. The molecule has 2 N–H and O–H groups in total. The van der Waals surface area contributed by atoms with E-state index in [1.54, 1.807) is 14.2 Å². The molecule has 99 valence electrons. The van der Waals surface area contributed by atoms with Crippen molar-refractivity contribution in [3.63, 3.8) is 0 Å². The summed E-state index contributed by atoms with van der Waals surface area (Å²) in [5, 5.41) is 3.14. The second-order valence-corrected chi connectivity index (χ2v) is 6.87. The topological polar surface area (TPSA) is 63.5 Å². The normalized spacial score (nSPS) is 10.8. The molecule has 10 heteroatoms.